The van der Waals surface area contributed by atoms with E-state index in [0.29, 0.717) is 0 Å². The van der Waals surface area contributed by atoms with Crippen LogP contribution < -0.4 is 4.90 Å². The van der Waals surface area contributed by atoms with E-state index in [1.54, 1.807) is 11.3 Å². The summed E-state index contributed by atoms with van der Waals surface area (Å²) in [6.07, 6.45) is 3.84. The number of benzene rings is 4. The zero-order chi connectivity index (χ0) is 27.1. The second-order valence-corrected chi connectivity index (χ2v) is 11.0. The molecule has 5 aromatic rings. The van der Waals surface area contributed by atoms with Gasteiger partial charge in [-0.15, -0.1) is 28.0 Å². The van der Waals surface area contributed by atoms with Crippen LogP contribution in [0.2, 0.25) is 0 Å². The number of piperidine rings is 1. The first-order valence-corrected chi connectivity index (χ1v) is 14.5. The van der Waals surface area contributed by atoms with Gasteiger partial charge in [0.25, 0.3) is 0 Å². The number of hydrogen-bond donors (Lipinski definition) is 1. The molecule has 1 saturated heterocycles. The van der Waals surface area contributed by atoms with E-state index in [1.165, 1.54) is 24.3 Å². The molecule has 2 heterocycles. The fraction of sp³-hybridized carbons (Fsp3) is 0.161. The Morgan fingerprint density at radius 2 is 1.05 bits per heavy atom. The second kappa shape index (κ2) is 12.3. The number of hydrogen-bond acceptors (Lipinski definition) is 9. The third-order valence-electron chi connectivity index (χ3n) is 6.63. The van der Waals surface area contributed by atoms with Crippen molar-refractivity contribution in [3.8, 4) is 0 Å². The summed E-state index contributed by atoms with van der Waals surface area (Å²) < 4.78 is 0. The van der Waals surface area contributed by atoms with Gasteiger partial charge < -0.3 is 4.90 Å². The smallest absolute Gasteiger partial charge is 0.140 e. The Bertz CT molecular complexity index is 1680. The molecule has 6 rings (SSSR count). The van der Waals surface area contributed by atoms with Gasteiger partial charge in [0, 0.05) is 28.8 Å². The predicted octanol–water partition coefficient (Wildman–Crippen LogP) is 11.4. The van der Waals surface area contributed by atoms with Crippen molar-refractivity contribution in [3.05, 3.63) is 97.1 Å². The Balaban J connectivity index is 1.17. The molecule has 0 aliphatic carbocycles. The number of anilines is 1. The minimum absolute atomic E-state index is 0.730. The molecule has 40 heavy (non-hydrogen) atoms. The third kappa shape index (κ3) is 6.32. The van der Waals surface area contributed by atoms with E-state index >= 15 is 0 Å². The summed E-state index contributed by atoms with van der Waals surface area (Å²) in [5.41, 5.74) is 3.82. The molecule has 1 aromatic heterocycles. The Labute approximate surface area is 242 Å². The number of rotatable bonds is 7. The van der Waals surface area contributed by atoms with Gasteiger partial charge in [0.15, 0.2) is 0 Å². The fourth-order valence-electron chi connectivity index (χ4n) is 4.53. The van der Waals surface area contributed by atoms with Crippen LogP contribution >= 0.6 is 24.0 Å². The van der Waals surface area contributed by atoms with E-state index in [1.807, 2.05) is 84.9 Å². The van der Waals surface area contributed by atoms with Crippen LogP contribution in [0.15, 0.2) is 133 Å². The third-order valence-corrected chi connectivity index (χ3v) is 7.96. The van der Waals surface area contributed by atoms with Gasteiger partial charge in [0.05, 0.1) is 33.4 Å². The molecule has 0 N–H and O–H groups in total. The standard InChI is InChI=1S/C31H27N7S2/c39-25-14-12-24(13-15-25)33-32-22-8-10-23(11-9-22)34-35-28-16-17-29(27-7-3-2-6-26(27)28)36-37-30-18-19-31(40-30)38-20-4-1-5-21-38/h2-3,6-19,39H,1,4-5,20-21H2. The van der Waals surface area contributed by atoms with Gasteiger partial charge in [-0.05, 0) is 92.1 Å². The van der Waals surface area contributed by atoms with Gasteiger partial charge in [0.1, 0.15) is 5.00 Å². The molecule has 198 valence electrons. The second-order valence-electron chi connectivity index (χ2n) is 9.44. The Hall–Kier alpha value is -4.21. The average Bonchev–Trinajstić information content (AvgIpc) is 3.49. The summed E-state index contributed by atoms with van der Waals surface area (Å²) >= 11 is 5.98. The molecule has 0 bridgehead atoms. The molecule has 1 fully saturated rings. The van der Waals surface area contributed by atoms with Crippen LogP contribution in [0.3, 0.4) is 0 Å². The first kappa shape index (κ1) is 26.0. The van der Waals surface area contributed by atoms with Crippen molar-refractivity contribution in [1.82, 2.24) is 0 Å². The minimum Gasteiger partial charge on any atom is -0.363 e. The minimum atomic E-state index is 0.730. The largest absolute Gasteiger partial charge is 0.363 e. The van der Waals surface area contributed by atoms with E-state index in [9.17, 15) is 0 Å². The zero-order valence-electron chi connectivity index (χ0n) is 21.8. The summed E-state index contributed by atoms with van der Waals surface area (Å²) in [4.78, 5) is 3.34. The van der Waals surface area contributed by atoms with Crippen LogP contribution in [-0.4, -0.2) is 13.1 Å². The number of thiol groups is 1. The monoisotopic (exact) mass is 561 g/mol. The van der Waals surface area contributed by atoms with Crippen LogP contribution in [0.4, 0.5) is 38.4 Å². The topological polar surface area (TPSA) is 77.4 Å². The van der Waals surface area contributed by atoms with Gasteiger partial charge in [-0.25, -0.2) is 0 Å². The lowest BCUT2D eigenvalue weighted by molar-refractivity contribution is 0.580. The lowest BCUT2D eigenvalue weighted by atomic mass is 10.1. The quantitative estimate of drug-likeness (QED) is 0.156. The van der Waals surface area contributed by atoms with Crippen molar-refractivity contribution in [2.75, 3.05) is 18.0 Å². The molecule has 0 atom stereocenters. The molecule has 0 spiro atoms. The van der Waals surface area contributed by atoms with E-state index in [0.717, 1.165) is 62.2 Å². The Kier molecular flexibility index (Phi) is 8.02. The first-order valence-electron chi connectivity index (χ1n) is 13.2. The molecule has 0 radical (unpaired) electrons. The maximum atomic E-state index is 4.60. The highest BCUT2D eigenvalue weighted by Gasteiger charge is 2.13. The highest BCUT2D eigenvalue weighted by Crippen LogP contribution is 2.38. The van der Waals surface area contributed by atoms with Gasteiger partial charge in [-0.3, -0.25) is 0 Å². The van der Waals surface area contributed by atoms with Crippen LogP contribution in [0.1, 0.15) is 19.3 Å². The number of nitrogens with zero attached hydrogens (tertiary/aromatic N) is 7. The molecule has 0 saturated carbocycles. The normalized spacial score (nSPS) is 14.3. The summed E-state index contributed by atoms with van der Waals surface area (Å²) in [7, 11) is 0. The van der Waals surface area contributed by atoms with Crippen molar-refractivity contribution in [2.24, 2.45) is 30.7 Å². The van der Waals surface area contributed by atoms with Crippen LogP contribution in [-0.2, 0) is 0 Å². The van der Waals surface area contributed by atoms with Crippen molar-refractivity contribution in [1.29, 1.82) is 0 Å². The van der Waals surface area contributed by atoms with Crippen LogP contribution in [0.5, 0.6) is 0 Å². The molecule has 7 nitrogen and oxygen atoms in total. The number of thiophene rings is 1. The molecule has 0 unspecified atom stereocenters. The van der Waals surface area contributed by atoms with Gasteiger partial charge >= 0.3 is 0 Å². The molecular weight excluding hydrogens is 535 g/mol. The summed E-state index contributed by atoms with van der Waals surface area (Å²) in [6, 6.07) is 31.2. The molecule has 9 heteroatoms. The maximum Gasteiger partial charge on any atom is 0.140 e. The predicted molar refractivity (Wildman–Crippen MR) is 167 cm³/mol. The first-order chi connectivity index (χ1) is 19.7. The highest BCUT2D eigenvalue weighted by atomic mass is 32.1. The molecular formula is C31H27N7S2. The van der Waals surface area contributed by atoms with E-state index in [2.05, 4.69) is 60.3 Å². The number of fused-ring (bicyclic) bond motifs is 1. The summed E-state index contributed by atoms with van der Waals surface area (Å²) in [6.45, 7) is 2.25. The Morgan fingerprint density at radius 1 is 0.525 bits per heavy atom. The van der Waals surface area contributed by atoms with Gasteiger partial charge in [-0.1, -0.05) is 35.6 Å². The van der Waals surface area contributed by atoms with E-state index < -0.39 is 0 Å². The molecule has 1 aliphatic heterocycles. The lowest BCUT2D eigenvalue weighted by Gasteiger charge is -2.26. The lowest BCUT2D eigenvalue weighted by Crippen LogP contribution is -2.28. The van der Waals surface area contributed by atoms with E-state index in [4.69, 9.17) is 0 Å². The average molecular weight is 562 g/mol. The molecule has 4 aromatic carbocycles. The number of azo groups is 3. The van der Waals surface area contributed by atoms with Crippen molar-refractivity contribution in [3.63, 3.8) is 0 Å². The summed E-state index contributed by atoms with van der Waals surface area (Å²) in [5, 5.41) is 30.8. The SMILES string of the molecule is Sc1ccc(N=Nc2ccc(N=Nc3ccc(N=Nc4ccc(N5CCCCC5)s4)c4ccccc34)cc2)cc1. The van der Waals surface area contributed by atoms with Crippen molar-refractivity contribution < 1.29 is 0 Å². The van der Waals surface area contributed by atoms with Gasteiger partial charge in [0.2, 0.25) is 0 Å². The molecule has 1 aliphatic rings. The summed E-state index contributed by atoms with van der Waals surface area (Å²) in [5.74, 6) is 0. The fourth-order valence-corrected chi connectivity index (χ4v) is 5.56. The highest BCUT2D eigenvalue weighted by molar-refractivity contribution is 7.80. The van der Waals surface area contributed by atoms with Crippen LogP contribution in [0.25, 0.3) is 10.8 Å². The van der Waals surface area contributed by atoms with Crippen molar-refractivity contribution in [2.45, 2.75) is 24.2 Å². The zero-order valence-corrected chi connectivity index (χ0v) is 23.5. The van der Waals surface area contributed by atoms with E-state index in [-0.39, 0.29) is 0 Å². The van der Waals surface area contributed by atoms with Gasteiger partial charge in [-0.2, -0.15) is 15.3 Å². The van der Waals surface area contributed by atoms with Crippen LogP contribution in [0, 0.1) is 0 Å². The molecule has 0 amide bonds. The Morgan fingerprint density at radius 3 is 1.65 bits per heavy atom. The maximum absolute atomic E-state index is 4.60. The van der Waals surface area contributed by atoms with Crippen molar-refractivity contribution >= 4 is 73.2 Å².